The van der Waals surface area contributed by atoms with E-state index in [0.717, 1.165) is 18.5 Å². The summed E-state index contributed by atoms with van der Waals surface area (Å²) in [5.74, 6) is 0.950. The third-order valence-electron chi connectivity index (χ3n) is 5.75. The second-order valence-electron chi connectivity index (χ2n) is 7.39. The molecule has 0 amide bonds. The molecule has 3 rings (SSSR count). The van der Waals surface area contributed by atoms with Gasteiger partial charge in [-0.25, -0.2) is 0 Å². The van der Waals surface area contributed by atoms with Crippen LogP contribution in [0.25, 0.3) is 0 Å². The smallest absolute Gasteiger partial charge is 0.0708 e. The summed E-state index contributed by atoms with van der Waals surface area (Å²) < 4.78 is 6.44. The quantitative estimate of drug-likeness (QED) is 0.831. The minimum atomic E-state index is 0.297. The van der Waals surface area contributed by atoms with Gasteiger partial charge in [-0.05, 0) is 57.3 Å². The molecule has 110 valence electrons. The Morgan fingerprint density at radius 1 is 0.947 bits per heavy atom. The Kier molecular flexibility index (Phi) is 4.48. The molecule has 2 heteroatoms. The molecule has 0 aromatic carbocycles. The molecule has 2 nitrogen and oxygen atoms in total. The number of nitrogens with one attached hydrogen (secondary N) is 1. The molecule has 0 aromatic heterocycles. The average molecular weight is 265 g/mol. The van der Waals surface area contributed by atoms with E-state index >= 15 is 0 Å². The van der Waals surface area contributed by atoms with Gasteiger partial charge in [0.05, 0.1) is 11.7 Å². The van der Waals surface area contributed by atoms with Crippen molar-refractivity contribution in [3.05, 3.63) is 0 Å². The second-order valence-corrected chi connectivity index (χ2v) is 7.39. The summed E-state index contributed by atoms with van der Waals surface area (Å²) in [5, 5.41) is 3.78. The van der Waals surface area contributed by atoms with E-state index in [2.05, 4.69) is 12.2 Å². The zero-order chi connectivity index (χ0) is 13.1. The van der Waals surface area contributed by atoms with Crippen LogP contribution in [0.3, 0.4) is 0 Å². The summed E-state index contributed by atoms with van der Waals surface area (Å²) in [4.78, 5) is 0. The van der Waals surface area contributed by atoms with E-state index in [1.165, 1.54) is 70.6 Å². The Balaban J connectivity index is 1.39. The van der Waals surface area contributed by atoms with E-state index in [9.17, 15) is 0 Å². The van der Waals surface area contributed by atoms with Crippen LogP contribution in [0.4, 0.5) is 0 Å². The molecule has 3 aliphatic rings. The highest BCUT2D eigenvalue weighted by Crippen LogP contribution is 2.41. The first kappa shape index (κ1) is 13.9. The van der Waals surface area contributed by atoms with Crippen molar-refractivity contribution < 1.29 is 4.74 Å². The van der Waals surface area contributed by atoms with Gasteiger partial charge in [0.15, 0.2) is 0 Å². The Bertz CT molecular complexity index is 277. The molecule has 1 saturated heterocycles. The Labute approximate surface area is 118 Å². The fourth-order valence-corrected chi connectivity index (χ4v) is 4.37. The van der Waals surface area contributed by atoms with Crippen LogP contribution in [0, 0.1) is 5.92 Å². The normalized spacial score (nSPS) is 38.7. The summed E-state index contributed by atoms with van der Waals surface area (Å²) in [6.07, 6.45) is 15.5. The van der Waals surface area contributed by atoms with E-state index in [0.29, 0.717) is 11.7 Å². The third kappa shape index (κ3) is 3.52. The summed E-state index contributed by atoms with van der Waals surface area (Å²) in [6.45, 7) is 3.49. The van der Waals surface area contributed by atoms with Crippen LogP contribution in [-0.4, -0.2) is 24.3 Å². The van der Waals surface area contributed by atoms with Gasteiger partial charge in [-0.1, -0.05) is 26.2 Å². The monoisotopic (exact) mass is 265 g/mol. The van der Waals surface area contributed by atoms with Crippen molar-refractivity contribution in [2.75, 3.05) is 6.54 Å². The summed E-state index contributed by atoms with van der Waals surface area (Å²) in [6, 6.07) is 0.766. The second kappa shape index (κ2) is 6.13. The molecule has 1 spiro atoms. The molecule has 0 bridgehead atoms. The van der Waals surface area contributed by atoms with E-state index in [-0.39, 0.29) is 0 Å². The van der Waals surface area contributed by atoms with Gasteiger partial charge in [0.25, 0.3) is 0 Å². The first-order valence-electron chi connectivity index (χ1n) is 8.67. The summed E-state index contributed by atoms with van der Waals surface area (Å²) in [7, 11) is 0. The van der Waals surface area contributed by atoms with Crippen molar-refractivity contribution in [1.29, 1.82) is 0 Å². The molecule has 0 radical (unpaired) electrons. The van der Waals surface area contributed by atoms with Crippen LogP contribution in [0.5, 0.6) is 0 Å². The lowest BCUT2D eigenvalue weighted by molar-refractivity contribution is -0.0632. The largest absolute Gasteiger partial charge is 0.370 e. The maximum atomic E-state index is 6.44. The molecule has 3 fully saturated rings. The number of hydrogen-bond donors (Lipinski definition) is 1. The van der Waals surface area contributed by atoms with Crippen molar-refractivity contribution in [3.63, 3.8) is 0 Å². The third-order valence-corrected chi connectivity index (χ3v) is 5.75. The highest BCUT2D eigenvalue weighted by molar-refractivity contribution is 4.92. The molecule has 19 heavy (non-hydrogen) atoms. The average Bonchev–Trinajstić information content (AvgIpc) is 2.82. The van der Waals surface area contributed by atoms with Crippen LogP contribution < -0.4 is 5.32 Å². The molecule has 2 saturated carbocycles. The molecule has 0 aromatic rings. The van der Waals surface area contributed by atoms with E-state index in [1.807, 2.05) is 0 Å². The molecule has 1 atom stereocenters. The predicted molar refractivity (Wildman–Crippen MR) is 79.3 cm³/mol. The molecule has 1 heterocycles. The van der Waals surface area contributed by atoms with Crippen LogP contribution in [0.15, 0.2) is 0 Å². The topological polar surface area (TPSA) is 21.3 Å². The predicted octanol–water partition coefficient (Wildman–Crippen LogP) is 4.04. The zero-order valence-corrected chi connectivity index (χ0v) is 12.6. The van der Waals surface area contributed by atoms with Gasteiger partial charge in [-0.2, -0.15) is 0 Å². The van der Waals surface area contributed by atoms with Crippen molar-refractivity contribution in [2.45, 2.75) is 95.3 Å². The van der Waals surface area contributed by atoms with E-state index in [1.54, 1.807) is 0 Å². The summed E-state index contributed by atoms with van der Waals surface area (Å²) in [5.41, 5.74) is 0.297. The first-order chi connectivity index (χ1) is 9.26. The SMILES string of the molecule is CC1CCC(NCC2CCC3(CCCCC3)O2)CC1. The lowest BCUT2D eigenvalue weighted by Gasteiger charge is -2.34. The maximum Gasteiger partial charge on any atom is 0.0708 e. The Morgan fingerprint density at radius 3 is 2.42 bits per heavy atom. The van der Waals surface area contributed by atoms with Crippen molar-refractivity contribution in [1.82, 2.24) is 5.32 Å². The van der Waals surface area contributed by atoms with Gasteiger partial charge in [0.1, 0.15) is 0 Å². The van der Waals surface area contributed by atoms with Gasteiger partial charge in [0.2, 0.25) is 0 Å². The zero-order valence-electron chi connectivity index (χ0n) is 12.6. The highest BCUT2D eigenvalue weighted by atomic mass is 16.5. The van der Waals surface area contributed by atoms with Crippen molar-refractivity contribution in [2.24, 2.45) is 5.92 Å². The Hall–Kier alpha value is -0.0800. The number of hydrogen-bond acceptors (Lipinski definition) is 2. The molecule has 2 aliphatic carbocycles. The van der Waals surface area contributed by atoms with E-state index in [4.69, 9.17) is 4.74 Å². The van der Waals surface area contributed by atoms with Gasteiger partial charge < -0.3 is 10.1 Å². The van der Waals surface area contributed by atoms with E-state index < -0.39 is 0 Å². The number of ether oxygens (including phenoxy) is 1. The maximum absolute atomic E-state index is 6.44. The van der Waals surface area contributed by atoms with Gasteiger partial charge in [-0.15, -0.1) is 0 Å². The fraction of sp³-hybridized carbons (Fsp3) is 1.00. The number of rotatable bonds is 3. The van der Waals surface area contributed by atoms with Crippen molar-refractivity contribution >= 4 is 0 Å². The molecular formula is C17H31NO. The molecule has 1 unspecified atom stereocenters. The molecular weight excluding hydrogens is 234 g/mol. The van der Waals surface area contributed by atoms with Crippen LogP contribution >= 0.6 is 0 Å². The molecule has 1 N–H and O–H groups in total. The fourth-order valence-electron chi connectivity index (χ4n) is 4.37. The lowest BCUT2D eigenvalue weighted by atomic mass is 9.83. The van der Waals surface area contributed by atoms with Crippen LogP contribution in [0.1, 0.15) is 77.6 Å². The molecule has 1 aliphatic heterocycles. The lowest BCUT2D eigenvalue weighted by Crippen LogP contribution is -2.39. The standard InChI is InChI=1S/C17H31NO/c1-14-5-7-15(8-6-14)18-13-16-9-12-17(19-16)10-3-2-4-11-17/h14-16,18H,2-13H2,1H3. The summed E-state index contributed by atoms with van der Waals surface area (Å²) >= 11 is 0. The van der Waals surface area contributed by atoms with Crippen molar-refractivity contribution in [3.8, 4) is 0 Å². The van der Waals surface area contributed by atoms with Crippen LogP contribution in [-0.2, 0) is 4.74 Å². The van der Waals surface area contributed by atoms with Gasteiger partial charge >= 0.3 is 0 Å². The van der Waals surface area contributed by atoms with Crippen LogP contribution in [0.2, 0.25) is 0 Å². The minimum Gasteiger partial charge on any atom is -0.370 e. The van der Waals surface area contributed by atoms with Gasteiger partial charge in [0, 0.05) is 12.6 Å². The minimum absolute atomic E-state index is 0.297. The highest BCUT2D eigenvalue weighted by Gasteiger charge is 2.40. The first-order valence-corrected chi connectivity index (χ1v) is 8.67. The van der Waals surface area contributed by atoms with Gasteiger partial charge in [-0.3, -0.25) is 0 Å². The Morgan fingerprint density at radius 2 is 1.68 bits per heavy atom.